The predicted molar refractivity (Wildman–Crippen MR) is 88.0 cm³/mol. The second-order valence-corrected chi connectivity index (χ2v) is 6.38. The van der Waals surface area contributed by atoms with Crippen molar-refractivity contribution in [2.24, 2.45) is 5.92 Å². The molecule has 1 rings (SSSR count). The minimum Gasteiger partial charge on any atom is -0.480 e. The van der Waals surface area contributed by atoms with E-state index < -0.39 is 23.5 Å². The van der Waals surface area contributed by atoms with E-state index in [1.165, 1.54) is 0 Å². The average Bonchev–Trinajstić information content (AvgIpc) is 2.43. The van der Waals surface area contributed by atoms with Crippen LogP contribution in [0.4, 0.5) is 0 Å². The highest BCUT2D eigenvalue weighted by atomic mass is 16.4. The van der Waals surface area contributed by atoms with Gasteiger partial charge in [0, 0.05) is 11.1 Å². The van der Waals surface area contributed by atoms with Crippen molar-refractivity contribution < 1.29 is 19.8 Å². The Kier molecular flexibility index (Phi) is 6.35. The fourth-order valence-corrected chi connectivity index (χ4v) is 1.86. The van der Waals surface area contributed by atoms with Gasteiger partial charge in [0.05, 0.1) is 0 Å². The molecule has 0 aromatic heterocycles. The molecule has 0 aliphatic carbocycles. The van der Waals surface area contributed by atoms with Crippen LogP contribution in [0.1, 0.15) is 50.0 Å². The second kappa shape index (κ2) is 7.80. The molecule has 1 amide bonds. The Morgan fingerprint density at radius 1 is 1.22 bits per heavy atom. The van der Waals surface area contributed by atoms with Crippen LogP contribution in [0.2, 0.25) is 0 Å². The van der Waals surface area contributed by atoms with E-state index in [4.69, 9.17) is 5.11 Å². The minimum absolute atomic E-state index is 0.163. The molecule has 1 aromatic carbocycles. The molecule has 0 radical (unpaired) electrons. The molecule has 5 heteroatoms. The van der Waals surface area contributed by atoms with Gasteiger partial charge >= 0.3 is 5.97 Å². The fraction of sp³-hybridized carbons (Fsp3) is 0.444. The predicted octanol–water partition coefficient (Wildman–Crippen LogP) is 2.04. The molecule has 0 aliphatic heterocycles. The normalized spacial score (nSPS) is 12.3. The monoisotopic (exact) mass is 317 g/mol. The van der Waals surface area contributed by atoms with Crippen molar-refractivity contribution in [2.75, 3.05) is 0 Å². The molecule has 124 valence electrons. The largest absolute Gasteiger partial charge is 0.480 e. The summed E-state index contributed by atoms with van der Waals surface area (Å²) in [4.78, 5) is 23.3. The second-order valence-electron chi connectivity index (χ2n) is 6.38. The smallest absolute Gasteiger partial charge is 0.326 e. The number of hydrogen-bond acceptors (Lipinski definition) is 3. The number of nitrogens with one attached hydrogen (secondary N) is 1. The first-order valence-electron chi connectivity index (χ1n) is 7.48. The molecule has 0 heterocycles. The highest BCUT2D eigenvalue weighted by Crippen LogP contribution is 2.08. The summed E-state index contributed by atoms with van der Waals surface area (Å²) in [5.41, 5.74) is -0.0452. The van der Waals surface area contributed by atoms with Gasteiger partial charge in [-0.2, -0.15) is 0 Å². The summed E-state index contributed by atoms with van der Waals surface area (Å²) in [5, 5.41) is 21.2. The molecular weight excluding hydrogens is 294 g/mol. The molecule has 23 heavy (non-hydrogen) atoms. The summed E-state index contributed by atoms with van der Waals surface area (Å²) in [6.07, 6.45) is 0.371. The maximum absolute atomic E-state index is 12.1. The fourth-order valence-electron chi connectivity index (χ4n) is 1.86. The lowest BCUT2D eigenvalue weighted by Crippen LogP contribution is -2.41. The third kappa shape index (κ3) is 6.98. The third-order valence-electron chi connectivity index (χ3n) is 2.97. The van der Waals surface area contributed by atoms with E-state index in [0.717, 1.165) is 0 Å². The molecule has 5 nitrogen and oxygen atoms in total. The molecule has 1 atom stereocenters. The zero-order chi connectivity index (χ0) is 17.6. The van der Waals surface area contributed by atoms with Gasteiger partial charge in [-0.15, -0.1) is 0 Å². The van der Waals surface area contributed by atoms with Crippen molar-refractivity contribution in [3.63, 3.8) is 0 Å². The number of rotatable bonds is 5. The van der Waals surface area contributed by atoms with Gasteiger partial charge in [0.1, 0.15) is 11.6 Å². The highest BCUT2D eigenvalue weighted by Gasteiger charge is 2.21. The lowest BCUT2D eigenvalue weighted by Gasteiger charge is -2.16. The van der Waals surface area contributed by atoms with E-state index in [1.807, 2.05) is 13.8 Å². The quantitative estimate of drug-likeness (QED) is 0.725. The van der Waals surface area contributed by atoms with Gasteiger partial charge in [0.25, 0.3) is 5.91 Å². The number of aliphatic hydroxyl groups is 1. The lowest BCUT2D eigenvalue weighted by atomic mass is 10.0. The van der Waals surface area contributed by atoms with Gasteiger partial charge in [-0.1, -0.05) is 25.7 Å². The van der Waals surface area contributed by atoms with Gasteiger partial charge in [0.2, 0.25) is 0 Å². The van der Waals surface area contributed by atoms with Gasteiger partial charge in [-0.25, -0.2) is 4.79 Å². The first-order chi connectivity index (χ1) is 10.6. The maximum atomic E-state index is 12.1. The lowest BCUT2D eigenvalue weighted by molar-refractivity contribution is -0.139. The number of aliphatic carboxylic acids is 1. The number of carbonyl (C=O) groups excluding carboxylic acids is 1. The first-order valence-corrected chi connectivity index (χ1v) is 7.48. The Balaban J connectivity index is 2.80. The van der Waals surface area contributed by atoms with Gasteiger partial charge in [0.15, 0.2) is 0 Å². The van der Waals surface area contributed by atoms with Crippen LogP contribution in [-0.2, 0) is 4.79 Å². The maximum Gasteiger partial charge on any atom is 0.326 e. The van der Waals surface area contributed by atoms with Crippen LogP contribution in [0.25, 0.3) is 0 Å². The molecule has 0 saturated carbocycles. The van der Waals surface area contributed by atoms with E-state index in [9.17, 15) is 14.7 Å². The summed E-state index contributed by atoms with van der Waals surface area (Å²) in [6, 6.07) is 5.57. The minimum atomic E-state index is -1.08. The molecule has 1 aromatic rings. The van der Waals surface area contributed by atoms with Crippen molar-refractivity contribution in [1.29, 1.82) is 0 Å². The van der Waals surface area contributed by atoms with E-state index >= 15 is 0 Å². The Labute approximate surface area is 136 Å². The van der Waals surface area contributed by atoms with Crippen LogP contribution in [0.15, 0.2) is 24.3 Å². The number of amides is 1. The van der Waals surface area contributed by atoms with Crippen molar-refractivity contribution in [1.82, 2.24) is 5.32 Å². The molecule has 0 saturated heterocycles. The summed E-state index contributed by atoms with van der Waals surface area (Å²) >= 11 is 0. The Morgan fingerprint density at radius 3 is 2.22 bits per heavy atom. The van der Waals surface area contributed by atoms with Crippen molar-refractivity contribution >= 4 is 11.9 Å². The molecule has 3 N–H and O–H groups in total. The van der Waals surface area contributed by atoms with Crippen LogP contribution in [0.3, 0.4) is 0 Å². The standard InChI is InChI=1S/C18H23NO4/c1-12(2)11-15(17(21)22)19-16(20)14-7-5-13(6-8-14)9-10-18(3,4)23/h5-8,12,15,23H,11H2,1-4H3,(H,19,20)(H,21,22)/t15-/m0/s1. The zero-order valence-electron chi connectivity index (χ0n) is 13.9. The van der Waals surface area contributed by atoms with E-state index in [1.54, 1.807) is 38.1 Å². The first kappa shape index (κ1) is 18.7. The topological polar surface area (TPSA) is 86.6 Å². The van der Waals surface area contributed by atoms with E-state index in [0.29, 0.717) is 17.5 Å². The van der Waals surface area contributed by atoms with E-state index in [2.05, 4.69) is 17.2 Å². The SMILES string of the molecule is CC(C)C[C@H](NC(=O)c1ccc(C#CC(C)(C)O)cc1)C(=O)O. The van der Waals surface area contributed by atoms with E-state index in [-0.39, 0.29) is 5.92 Å². The van der Waals surface area contributed by atoms with Crippen LogP contribution in [0.5, 0.6) is 0 Å². The zero-order valence-corrected chi connectivity index (χ0v) is 13.9. The summed E-state index contributed by atoms with van der Waals surface area (Å²) in [7, 11) is 0. The molecule has 0 aliphatic rings. The third-order valence-corrected chi connectivity index (χ3v) is 2.97. The number of carbonyl (C=O) groups is 2. The Morgan fingerprint density at radius 2 is 1.78 bits per heavy atom. The average molecular weight is 317 g/mol. The summed E-state index contributed by atoms with van der Waals surface area (Å²) in [6.45, 7) is 6.97. The molecule has 0 fully saturated rings. The Bertz CT molecular complexity index is 615. The van der Waals surface area contributed by atoms with Gasteiger partial charge in [-0.3, -0.25) is 4.79 Å². The van der Waals surface area contributed by atoms with Crippen LogP contribution in [0, 0.1) is 17.8 Å². The van der Waals surface area contributed by atoms with Gasteiger partial charge < -0.3 is 15.5 Å². The summed E-state index contributed by atoms with van der Waals surface area (Å²) < 4.78 is 0. The number of benzene rings is 1. The van der Waals surface area contributed by atoms with Gasteiger partial charge in [-0.05, 0) is 50.5 Å². The van der Waals surface area contributed by atoms with Crippen LogP contribution < -0.4 is 5.32 Å². The number of hydrogen-bond donors (Lipinski definition) is 3. The summed E-state index contributed by atoms with van der Waals surface area (Å²) in [5.74, 6) is 4.18. The highest BCUT2D eigenvalue weighted by molar-refractivity contribution is 5.96. The van der Waals surface area contributed by atoms with Crippen LogP contribution in [-0.4, -0.2) is 33.7 Å². The van der Waals surface area contributed by atoms with Crippen LogP contribution >= 0.6 is 0 Å². The molecular formula is C18H23NO4. The van der Waals surface area contributed by atoms with Crippen molar-refractivity contribution in [3.05, 3.63) is 35.4 Å². The number of carboxylic acid groups (broad SMARTS) is 1. The van der Waals surface area contributed by atoms with Crippen molar-refractivity contribution in [3.8, 4) is 11.8 Å². The Hall–Kier alpha value is -2.32. The molecule has 0 spiro atoms. The number of carboxylic acids is 1. The van der Waals surface area contributed by atoms with Crippen molar-refractivity contribution in [2.45, 2.75) is 45.8 Å². The molecule has 0 bridgehead atoms. The molecule has 0 unspecified atom stereocenters.